The van der Waals surface area contributed by atoms with Crippen LogP contribution >= 0.6 is 27.5 Å². The largest absolute Gasteiger partial charge is 0.423 e. The van der Waals surface area contributed by atoms with Crippen LogP contribution in [-0.4, -0.2) is 18.1 Å². The number of hydrogen-bond acceptors (Lipinski definition) is 4. The maximum Gasteiger partial charge on any atom is 0.343 e. The molecule has 0 aliphatic rings. The van der Waals surface area contributed by atoms with E-state index >= 15 is 0 Å². The van der Waals surface area contributed by atoms with Crippen molar-refractivity contribution in [3.05, 3.63) is 99.0 Å². The van der Waals surface area contributed by atoms with Crippen LogP contribution in [0.15, 0.2) is 82.4 Å². The van der Waals surface area contributed by atoms with Crippen molar-refractivity contribution in [2.75, 3.05) is 0 Å². The van der Waals surface area contributed by atoms with Crippen molar-refractivity contribution in [2.45, 2.75) is 0 Å². The Labute approximate surface area is 175 Å². The van der Waals surface area contributed by atoms with Crippen molar-refractivity contribution in [1.82, 2.24) is 5.43 Å². The fraction of sp³-hybridized carbons (Fsp3) is 0. The Kier molecular flexibility index (Phi) is 6.57. The molecule has 0 bridgehead atoms. The van der Waals surface area contributed by atoms with Crippen molar-refractivity contribution < 1.29 is 14.3 Å². The van der Waals surface area contributed by atoms with E-state index in [0.717, 1.165) is 5.56 Å². The Morgan fingerprint density at radius 1 is 1.00 bits per heavy atom. The highest BCUT2D eigenvalue weighted by Gasteiger charge is 2.09. The van der Waals surface area contributed by atoms with E-state index in [4.69, 9.17) is 16.3 Å². The molecule has 0 spiro atoms. The van der Waals surface area contributed by atoms with Gasteiger partial charge in [-0.15, -0.1) is 0 Å². The van der Waals surface area contributed by atoms with Crippen LogP contribution in [0.25, 0.3) is 0 Å². The highest BCUT2D eigenvalue weighted by atomic mass is 79.9. The van der Waals surface area contributed by atoms with Gasteiger partial charge in [0.05, 0.1) is 17.3 Å². The first-order chi connectivity index (χ1) is 13.5. The molecule has 0 fully saturated rings. The Bertz CT molecular complexity index is 1040. The fourth-order valence-corrected chi connectivity index (χ4v) is 2.93. The van der Waals surface area contributed by atoms with Gasteiger partial charge in [-0.05, 0) is 76.1 Å². The van der Waals surface area contributed by atoms with E-state index in [0.29, 0.717) is 26.4 Å². The first-order valence-electron chi connectivity index (χ1n) is 8.19. The molecule has 7 heteroatoms. The summed E-state index contributed by atoms with van der Waals surface area (Å²) in [5, 5.41) is 4.40. The Morgan fingerprint density at radius 2 is 1.75 bits per heavy atom. The van der Waals surface area contributed by atoms with E-state index in [-0.39, 0.29) is 5.91 Å². The summed E-state index contributed by atoms with van der Waals surface area (Å²) in [7, 11) is 0. The molecule has 1 amide bonds. The predicted molar refractivity (Wildman–Crippen MR) is 112 cm³/mol. The maximum absolute atomic E-state index is 12.1. The number of rotatable bonds is 5. The van der Waals surface area contributed by atoms with E-state index in [9.17, 15) is 9.59 Å². The molecule has 0 aliphatic carbocycles. The van der Waals surface area contributed by atoms with Crippen molar-refractivity contribution in [3.63, 3.8) is 0 Å². The molecule has 0 heterocycles. The molecule has 140 valence electrons. The van der Waals surface area contributed by atoms with Crippen LogP contribution < -0.4 is 10.2 Å². The molecule has 0 aliphatic heterocycles. The summed E-state index contributed by atoms with van der Waals surface area (Å²) in [6.07, 6.45) is 1.50. The van der Waals surface area contributed by atoms with Gasteiger partial charge in [-0.25, -0.2) is 10.2 Å². The van der Waals surface area contributed by atoms with E-state index < -0.39 is 5.97 Å². The lowest BCUT2D eigenvalue weighted by Crippen LogP contribution is -2.18. The summed E-state index contributed by atoms with van der Waals surface area (Å²) in [4.78, 5) is 24.2. The number of esters is 1. The lowest BCUT2D eigenvalue weighted by atomic mass is 10.2. The predicted octanol–water partition coefficient (Wildman–Crippen LogP) is 5.09. The normalized spacial score (nSPS) is 10.6. The van der Waals surface area contributed by atoms with Crippen LogP contribution in [-0.2, 0) is 0 Å². The Hall–Kier alpha value is -2.96. The van der Waals surface area contributed by atoms with Crippen LogP contribution in [0.5, 0.6) is 5.75 Å². The van der Waals surface area contributed by atoms with E-state index in [1.54, 1.807) is 66.7 Å². The monoisotopic (exact) mass is 456 g/mol. The second kappa shape index (κ2) is 9.30. The van der Waals surface area contributed by atoms with Crippen molar-refractivity contribution in [3.8, 4) is 5.75 Å². The van der Waals surface area contributed by atoms with Gasteiger partial charge >= 0.3 is 5.97 Å². The molecular weight excluding hydrogens is 444 g/mol. The Balaban J connectivity index is 1.58. The molecule has 0 saturated heterocycles. The molecule has 3 rings (SSSR count). The van der Waals surface area contributed by atoms with Gasteiger partial charge < -0.3 is 4.74 Å². The highest BCUT2D eigenvalue weighted by molar-refractivity contribution is 9.10. The summed E-state index contributed by atoms with van der Waals surface area (Å²) < 4.78 is 6.00. The summed E-state index contributed by atoms with van der Waals surface area (Å²) in [5.41, 5.74) is 4.05. The third-order valence-corrected chi connectivity index (χ3v) is 4.58. The zero-order valence-electron chi connectivity index (χ0n) is 14.4. The zero-order chi connectivity index (χ0) is 19.9. The number of hydrogen-bond donors (Lipinski definition) is 1. The average Bonchev–Trinajstić information content (AvgIpc) is 2.69. The first-order valence-corrected chi connectivity index (χ1v) is 9.36. The quantitative estimate of drug-likeness (QED) is 0.251. The molecule has 0 aromatic heterocycles. The molecule has 5 nitrogen and oxygen atoms in total. The second-order valence-electron chi connectivity index (χ2n) is 5.65. The lowest BCUT2D eigenvalue weighted by Gasteiger charge is -2.05. The van der Waals surface area contributed by atoms with Gasteiger partial charge in [-0.3, -0.25) is 4.79 Å². The van der Waals surface area contributed by atoms with Crippen LogP contribution in [0.1, 0.15) is 26.3 Å². The van der Waals surface area contributed by atoms with E-state index in [2.05, 4.69) is 26.5 Å². The van der Waals surface area contributed by atoms with Crippen LogP contribution in [0.4, 0.5) is 0 Å². The smallest absolute Gasteiger partial charge is 0.343 e. The van der Waals surface area contributed by atoms with Crippen molar-refractivity contribution in [2.24, 2.45) is 5.10 Å². The minimum Gasteiger partial charge on any atom is -0.423 e. The number of amides is 1. The number of halogens is 2. The van der Waals surface area contributed by atoms with E-state index in [1.807, 2.05) is 6.07 Å². The number of nitrogens with one attached hydrogen (secondary N) is 1. The number of carbonyl (C=O) groups is 2. The SMILES string of the molecule is O=C(Oc1ccc(C=NNC(=O)c2ccccc2Br)cc1)c1cccc(Cl)c1. The molecule has 3 aromatic rings. The van der Waals surface area contributed by atoms with Gasteiger partial charge in [0.25, 0.3) is 5.91 Å². The number of ether oxygens (including phenoxy) is 1. The summed E-state index contributed by atoms with van der Waals surface area (Å²) in [5.74, 6) is -0.431. The third kappa shape index (κ3) is 5.28. The summed E-state index contributed by atoms with van der Waals surface area (Å²) >= 11 is 9.20. The van der Waals surface area contributed by atoms with Crippen molar-refractivity contribution in [1.29, 1.82) is 0 Å². The average molecular weight is 458 g/mol. The number of hydrazone groups is 1. The van der Waals surface area contributed by atoms with Crippen molar-refractivity contribution >= 4 is 45.6 Å². The number of carbonyl (C=O) groups excluding carboxylic acids is 2. The summed E-state index contributed by atoms with van der Waals surface area (Å²) in [6, 6.07) is 20.3. The van der Waals surface area contributed by atoms with Gasteiger partial charge in [0, 0.05) is 9.50 Å². The number of nitrogens with zero attached hydrogens (tertiary/aromatic N) is 1. The molecular formula is C21H14BrClN2O3. The van der Waals surface area contributed by atoms with Crippen LogP contribution in [0.3, 0.4) is 0 Å². The molecule has 28 heavy (non-hydrogen) atoms. The van der Waals surface area contributed by atoms with Gasteiger partial charge in [0.2, 0.25) is 0 Å². The maximum atomic E-state index is 12.1. The minimum absolute atomic E-state index is 0.323. The topological polar surface area (TPSA) is 67.8 Å². The standard InChI is InChI=1S/C21H14BrClN2O3/c22-19-7-2-1-6-18(19)20(26)25-24-13-14-8-10-17(11-9-14)28-21(27)15-4-3-5-16(23)12-15/h1-13H,(H,25,26). The molecule has 0 atom stereocenters. The van der Waals surface area contributed by atoms with Gasteiger partial charge in [-0.1, -0.05) is 29.8 Å². The summed E-state index contributed by atoms with van der Waals surface area (Å²) in [6.45, 7) is 0. The third-order valence-electron chi connectivity index (χ3n) is 3.65. The number of benzene rings is 3. The molecule has 3 aromatic carbocycles. The zero-order valence-corrected chi connectivity index (χ0v) is 16.8. The molecule has 0 radical (unpaired) electrons. The van der Waals surface area contributed by atoms with E-state index in [1.165, 1.54) is 6.21 Å². The Morgan fingerprint density at radius 3 is 2.46 bits per heavy atom. The molecule has 0 unspecified atom stereocenters. The van der Waals surface area contributed by atoms with Gasteiger partial charge in [-0.2, -0.15) is 5.10 Å². The fourth-order valence-electron chi connectivity index (χ4n) is 2.27. The molecule has 1 N–H and O–H groups in total. The highest BCUT2D eigenvalue weighted by Crippen LogP contribution is 2.17. The first kappa shape index (κ1) is 19.8. The lowest BCUT2D eigenvalue weighted by molar-refractivity contribution is 0.0734. The van der Waals surface area contributed by atoms with Crippen LogP contribution in [0.2, 0.25) is 5.02 Å². The van der Waals surface area contributed by atoms with Crippen LogP contribution in [0, 0.1) is 0 Å². The van der Waals surface area contributed by atoms with Gasteiger partial charge in [0.15, 0.2) is 0 Å². The minimum atomic E-state index is -0.496. The van der Waals surface area contributed by atoms with Gasteiger partial charge in [0.1, 0.15) is 5.75 Å². The second-order valence-corrected chi connectivity index (χ2v) is 6.94. The molecule has 0 saturated carbocycles.